The molecule has 0 spiro atoms. The summed E-state index contributed by atoms with van der Waals surface area (Å²) in [5, 5.41) is 5.29. The topological polar surface area (TPSA) is 80.4 Å². The lowest BCUT2D eigenvalue weighted by Crippen LogP contribution is -2.52. The summed E-state index contributed by atoms with van der Waals surface area (Å²) in [5.74, 6) is 1.02. The number of amides is 1. The van der Waals surface area contributed by atoms with Gasteiger partial charge in [0.1, 0.15) is 17.8 Å². The van der Waals surface area contributed by atoms with Gasteiger partial charge in [0.15, 0.2) is 0 Å². The average Bonchev–Trinajstić information content (AvgIpc) is 3.55. The van der Waals surface area contributed by atoms with E-state index in [-0.39, 0.29) is 18.5 Å². The predicted octanol–water partition coefficient (Wildman–Crippen LogP) is 4.27. The van der Waals surface area contributed by atoms with Gasteiger partial charge in [-0.15, -0.1) is 0 Å². The summed E-state index contributed by atoms with van der Waals surface area (Å²) < 4.78 is 0. The smallest absolute Gasteiger partial charge is 0.241 e. The molecule has 1 atom stereocenters. The third kappa shape index (κ3) is 5.82. The van der Waals surface area contributed by atoms with Crippen molar-refractivity contribution in [3.63, 3.8) is 0 Å². The molecule has 8 nitrogen and oxygen atoms in total. The Hall–Kier alpha value is -2.55. The van der Waals surface area contributed by atoms with Crippen LogP contribution in [0.5, 0.6) is 0 Å². The van der Waals surface area contributed by atoms with Crippen molar-refractivity contribution in [1.29, 1.82) is 0 Å². The van der Waals surface area contributed by atoms with E-state index in [1.54, 1.807) is 24.5 Å². The monoisotopic (exact) mass is 515 g/mol. The molecule has 2 aromatic heterocycles. The standard InChI is InChI=1S/C25H31Cl2N7O/c26-18-12-19(27)14-20(13-18)29-15-23(35)33-9-3-4-21(16-33)34(11-10-32-7-1-2-8-32)25-22-5-6-28-24(22)30-17-31-25/h5-6,12-14,17,21,29H,1-4,7-11,15-16H2,(H,28,30,31). The van der Waals surface area contributed by atoms with Gasteiger partial charge in [0.05, 0.1) is 11.9 Å². The highest BCUT2D eigenvalue weighted by atomic mass is 35.5. The molecule has 186 valence electrons. The normalized spacial score (nSPS) is 18.8. The minimum Gasteiger partial charge on any atom is -0.376 e. The van der Waals surface area contributed by atoms with Gasteiger partial charge in [0.25, 0.3) is 0 Å². The number of aromatic amines is 1. The molecule has 2 aliphatic rings. The zero-order valence-electron chi connectivity index (χ0n) is 19.7. The number of hydrogen-bond donors (Lipinski definition) is 2. The minimum atomic E-state index is 0.0692. The van der Waals surface area contributed by atoms with Crippen LogP contribution in [-0.2, 0) is 4.79 Å². The first kappa shape index (κ1) is 24.2. The Balaban J connectivity index is 1.30. The van der Waals surface area contributed by atoms with Crippen LogP contribution >= 0.6 is 23.2 Å². The second-order valence-electron chi connectivity index (χ2n) is 9.33. The minimum absolute atomic E-state index is 0.0692. The number of carbonyl (C=O) groups excluding carboxylic acids is 1. The number of rotatable bonds is 8. The molecule has 0 aliphatic carbocycles. The number of piperidine rings is 1. The van der Waals surface area contributed by atoms with Crippen molar-refractivity contribution in [2.45, 2.75) is 31.7 Å². The first-order valence-corrected chi connectivity index (χ1v) is 13.1. The number of nitrogens with zero attached hydrogens (tertiary/aromatic N) is 5. The number of halogens is 2. The van der Waals surface area contributed by atoms with E-state index in [2.05, 4.69) is 25.1 Å². The summed E-state index contributed by atoms with van der Waals surface area (Å²) >= 11 is 12.2. The van der Waals surface area contributed by atoms with Crippen LogP contribution in [0.1, 0.15) is 25.7 Å². The summed E-state index contributed by atoms with van der Waals surface area (Å²) in [6, 6.07) is 7.47. The summed E-state index contributed by atoms with van der Waals surface area (Å²) in [4.78, 5) is 32.3. The number of anilines is 2. The molecular weight excluding hydrogens is 485 g/mol. The van der Waals surface area contributed by atoms with E-state index in [1.807, 2.05) is 17.2 Å². The van der Waals surface area contributed by atoms with Gasteiger partial charge >= 0.3 is 0 Å². The molecule has 1 unspecified atom stereocenters. The fraction of sp³-hybridized carbons (Fsp3) is 0.480. The number of aromatic nitrogens is 3. The lowest BCUT2D eigenvalue weighted by atomic mass is 10.0. The molecule has 1 aromatic carbocycles. The van der Waals surface area contributed by atoms with Crippen LogP contribution < -0.4 is 10.2 Å². The largest absolute Gasteiger partial charge is 0.376 e. The van der Waals surface area contributed by atoms with E-state index >= 15 is 0 Å². The van der Waals surface area contributed by atoms with Crippen molar-refractivity contribution < 1.29 is 4.79 Å². The molecule has 3 aromatic rings. The number of fused-ring (bicyclic) bond motifs is 1. The number of nitrogens with one attached hydrogen (secondary N) is 2. The third-order valence-corrected chi connectivity index (χ3v) is 7.39. The van der Waals surface area contributed by atoms with Crippen molar-refractivity contribution in [3.05, 3.63) is 46.8 Å². The Kier molecular flexibility index (Phi) is 7.60. The highest BCUT2D eigenvalue weighted by molar-refractivity contribution is 6.35. The van der Waals surface area contributed by atoms with Gasteiger partial charge in [-0.25, -0.2) is 9.97 Å². The van der Waals surface area contributed by atoms with Gasteiger partial charge in [-0.2, -0.15) is 0 Å². The third-order valence-electron chi connectivity index (χ3n) is 6.96. The fourth-order valence-corrected chi connectivity index (χ4v) is 5.71. The summed E-state index contributed by atoms with van der Waals surface area (Å²) in [6.07, 6.45) is 8.06. The van der Waals surface area contributed by atoms with E-state index in [1.165, 1.54) is 12.8 Å². The summed E-state index contributed by atoms with van der Waals surface area (Å²) in [6.45, 7) is 5.83. The number of H-pyrrole nitrogens is 1. The zero-order valence-corrected chi connectivity index (χ0v) is 21.2. The lowest BCUT2D eigenvalue weighted by molar-refractivity contribution is -0.130. The maximum Gasteiger partial charge on any atom is 0.241 e. The van der Waals surface area contributed by atoms with E-state index in [0.717, 1.165) is 68.1 Å². The number of carbonyl (C=O) groups is 1. The predicted molar refractivity (Wildman–Crippen MR) is 141 cm³/mol. The first-order valence-electron chi connectivity index (χ1n) is 12.3. The van der Waals surface area contributed by atoms with E-state index < -0.39 is 0 Å². The maximum atomic E-state index is 13.1. The highest BCUT2D eigenvalue weighted by Gasteiger charge is 2.30. The first-order chi connectivity index (χ1) is 17.1. The Labute approximate surface area is 215 Å². The maximum absolute atomic E-state index is 13.1. The summed E-state index contributed by atoms with van der Waals surface area (Å²) in [5.41, 5.74) is 1.58. The van der Waals surface area contributed by atoms with Crippen molar-refractivity contribution in [2.75, 3.05) is 56.0 Å². The quantitative estimate of drug-likeness (QED) is 0.466. The van der Waals surface area contributed by atoms with Crippen molar-refractivity contribution in [3.8, 4) is 0 Å². The van der Waals surface area contributed by atoms with Crippen LogP contribution in [-0.4, -0.2) is 82.5 Å². The molecule has 2 aliphatic heterocycles. The van der Waals surface area contributed by atoms with Gasteiger partial charge in [-0.05, 0) is 63.0 Å². The second-order valence-corrected chi connectivity index (χ2v) is 10.2. The Morgan fingerprint density at radius 3 is 2.71 bits per heavy atom. The van der Waals surface area contributed by atoms with Crippen LogP contribution in [0.25, 0.3) is 11.0 Å². The SMILES string of the molecule is O=C(CNc1cc(Cl)cc(Cl)c1)N1CCCC(N(CCN2CCCC2)c2ncnc3[nH]ccc23)C1. The van der Waals surface area contributed by atoms with E-state index in [0.29, 0.717) is 16.6 Å². The van der Waals surface area contributed by atoms with Crippen molar-refractivity contribution in [1.82, 2.24) is 24.8 Å². The molecule has 2 fully saturated rings. The molecular formula is C25H31Cl2N7O. The second kappa shape index (κ2) is 11.0. The van der Waals surface area contributed by atoms with Crippen LogP contribution in [0.15, 0.2) is 36.8 Å². The van der Waals surface area contributed by atoms with Gasteiger partial charge in [0.2, 0.25) is 5.91 Å². The van der Waals surface area contributed by atoms with Gasteiger partial charge in [-0.3, -0.25) is 4.79 Å². The van der Waals surface area contributed by atoms with Gasteiger partial charge < -0.3 is 25.0 Å². The Morgan fingerprint density at radius 2 is 1.91 bits per heavy atom. The van der Waals surface area contributed by atoms with Gasteiger partial charge in [0, 0.05) is 54.2 Å². The molecule has 1 amide bonds. The van der Waals surface area contributed by atoms with Crippen molar-refractivity contribution in [2.24, 2.45) is 0 Å². The lowest BCUT2D eigenvalue weighted by Gasteiger charge is -2.40. The Morgan fingerprint density at radius 1 is 1.11 bits per heavy atom. The summed E-state index contributed by atoms with van der Waals surface area (Å²) in [7, 11) is 0. The van der Waals surface area contributed by atoms with Crippen LogP contribution in [0.2, 0.25) is 10.0 Å². The molecule has 10 heteroatoms. The van der Waals surface area contributed by atoms with Crippen LogP contribution in [0.3, 0.4) is 0 Å². The van der Waals surface area contributed by atoms with E-state index in [9.17, 15) is 4.79 Å². The molecule has 0 radical (unpaired) electrons. The molecule has 4 heterocycles. The molecule has 2 N–H and O–H groups in total. The zero-order chi connectivity index (χ0) is 24.2. The molecule has 35 heavy (non-hydrogen) atoms. The van der Waals surface area contributed by atoms with Crippen LogP contribution in [0, 0.1) is 0 Å². The molecule has 0 saturated carbocycles. The van der Waals surface area contributed by atoms with Crippen molar-refractivity contribution >= 4 is 51.6 Å². The number of hydrogen-bond acceptors (Lipinski definition) is 6. The molecule has 0 bridgehead atoms. The molecule has 2 saturated heterocycles. The molecule has 5 rings (SSSR count). The number of likely N-dealkylation sites (tertiary alicyclic amines) is 2. The van der Waals surface area contributed by atoms with Crippen LogP contribution in [0.4, 0.5) is 11.5 Å². The Bertz CT molecular complexity index is 1140. The van der Waals surface area contributed by atoms with Gasteiger partial charge in [-0.1, -0.05) is 23.2 Å². The average molecular weight is 516 g/mol. The number of benzene rings is 1. The van der Waals surface area contributed by atoms with E-state index in [4.69, 9.17) is 28.2 Å². The fourth-order valence-electron chi connectivity index (χ4n) is 5.19. The highest BCUT2D eigenvalue weighted by Crippen LogP contribution is 2.28.